The summed E-state index contributed by atoms with van der Waals surface area (Å²) in [5.41, 5.74) is 0.0312. The van der Waals surface area contributed by atoms with Gasteiger partial charge in [0.1, 0.15) is 0 Å². The second kappa shape index (κ2) is 8.33. The molecule has 0 aliphatic carbocycles. The second-order valence-electron chi connectivity index (χ2n) is 5.57. The van der Waals surface area contributed by atoms with E-state index in [9.17, 15) is 28.1 Å². The summed E-state index contributed by atoms with van der Waals surface area (Å²) in [5.74, 6) is -1.74. The van der Waals surface area contributed by atoms with E-state index in [2.05, 4.69) is 5.32 Å². The van der Waals surface area contributed by atoms with Crippen LogP contribution in [0.2, 0.25) is 5.02 Å². The maximum Gasteiger partial charge on any atom is 0.338 e. The Labute approximate surface area is 164 Å². The summed E-state index contributed by atoms with van der Waals surface area (Å²) in [6.07, 6.45) is 0. The van der Waals surface area contributed by atoms with Crippen molar-refractivity contribution in [2.45, 2.75) is 11.8 Å². The van der Waals surface area contributed by atoms with Gasteiger partial charge < -0.3 is 10.1 Å². The molecule has 0 fully saturated rings. The number of nitro benzene ring substituents is 1. The van der Waals surface area contributed by atoms with Crippen molar-refractivity contribution in [1.82, 2.24) is 0 Å². The van der Waals surface area contributed by atoms with Gasteiger partial charge in [-0.3, -0.25) is 14.9 Å². The van der Waals surface area contributed by atoms with E-state index in [0.29, 0.717) is 5.56 Å². The van der Waals surface area contributed by atoms with Crippen LogP contribution in [0.4, 0.5) is 11.4 Å². The Morgan fingerprint density at radius 1 is 1.25 bits per heavy atom. The average Bonchev–Trinajstić information content (AvgIpc) is 2.60. The van der Waals surface area contributed by atoms with E-state index in [0.717, 1.165) is 12.1 Å². The summed E-state index contributed by atoms with van der Waals surface area (Å²) in [7, 11) is -4.02. The highest BCUT2D eigenvalue weighted by Crippen LogP contribution is 2.26. The molecule has 10 nitrogen and oxygen atoms in total. The van der Waals surface area contributed by atoms with Gasteiger partial charge in [0.2, 0.25) is 10.0 Å². The fourth-order valence-electron chi connectivity index (χ4n) is 2.12. The summed E-state index contributed by atoms with van der Waals surface area (Å²) >= 11 is 5.87. The lowest BCUT2D eigenvalue weighted by Gasteiger charge is -2.10. The molecule has 0 saturated carbocycles. The van der Waals surface area contributed by atoms with Gasteiger partial charge in [0.15, 0.2) is 6.61 Å². The zero-order valence-electron chi connectivity index (χ0n) is 14.3. The van der Waals surface area contributed by atoms with Crippen molar-refractivity contribution in [3.63, 3.8) is 0 Å². The Kier molecular flexibility index (Phi) is 6.33. The van der Waals surface area contributed by atoms with Gasteiger partial charge in [0.05, 0.1) is 26.1 Å². The van der Waals surface area contributed by atoms with Crippen LogP contribution in [0, 0.1) is 17.0 Å². The molecular weight excluding hydrogens is 414 g/mol. The van der Waals surface area contributed by atoms with E-state index in [1.807, 2.05) is 0 Å². The number of ether oxygens (including phenoxy) is 1. The minimum absolute atomic E-state index is 0.0238. The molecule has 0 aromatic heterocycles. The molecule has 0 saturated heterocycles. The third-order valence-corrected chi connectivity index (χ3v) is 4.77. The maximum atomic E-state index is 12.2. The number of nitro groups is 1. The van der Waals surface area contributed by atoms with Crippen molar-refractivity contribution in [2.75, 3.05) is 11.9 Å². The lowest BCUT2D eigenvalue weighted by molar-refractivity contribution is -0.384. The average molecular weight is 428 g/mol. The molecule has 148 valence electrons. The second-order valence-corrected chi connectivity index (χ2v) is 7.54. The van der Waals surface area contributed by atoms with Gasteiger partial charge >= 0.3 is 5.97 Å². The molecule has 0 unspecified atom stereocenters. The molecule has 12 heteroatoms. The summed E-state index contributed by atoms with van der Waals surface area (Å²) < 4.78 is 27.7. The molecule has 0 atom stereocenters. The van der Waals surface area contributed by atoms with Crippen molar-refractivity contribution in [3.05, 3.63) is 62.7 Å². The Bertz CT molecular complexity index is 1070. The summed E-state index contributed by atoms with van der Waals surface area (Å²) in [6, 6.07) is 7.12. The summed E-state index contributed by atoms with van der Waals surface area (Å²) in [5, 5.41) is 18.2. The molecule has 2 rings (SSSR count). The molecule has 1 amide bonds. The number of aryl methyl sites for hydroxylation is 1. The number of sulfonamides is 1. The molecule has 2 aromatic rings. The number of anilines is 1. The van der Waals surface area contributed by atoms with E-state index in [4.69, 9.17) is 21.5 Å². The fourth-order valence-corrected chi connectivity index (χ4v) is 2.82. The van der Waals surface area contributed by atoms with Crippen LogP contribution in [0.5, 0.6) is 0 Å². The topological polar surface area (TPSA) is 159 Å². The third-order valence-electron chi connectivity index (χ3n) is 3.53. The molecule has 0 radical (unpaired) electrons. The number of carbonyl (C=O) groups is 2. The molecule has 3 N–H and O–H groups in total. The maximum absolute atomic E-state index is 12.2. The first-order valence-corrected chi connectivity index (χ1v) is 9.46. The number of benzene rings is 2. The molecule has 2 aromatic carbocycles. The summed E-state index contributed by atoms with van der Waals surface area (Å²) in [4.78, 5) is 34.0. The standard InChI is InChI=1S/C16H14ClN3O7S/c1-9-2-4-11(28(18,25)26)7-12(9)16(22)27-8-15(21)19-14-6-10(20(23)24)3-5-13(14)17/h2-7H,8H2,1H3,(H,19,21)(H2,18,25,26). The van der Waals surface area contributed by atoms with Crippen LogP contribution >= 0.6 is 11.6 Å². The Balaban J connectivity index is 2.09. The van der Waals surface area contributed by atoms with E-state index >= 15 is 0 Å². The number of non-ortho nitro benzene ring substituents is 1. The number of amides is 1. The summed E-state index contributed by atoms with van der Waals surface area (Å²) in [6.45, 7) is 0.823. The Hall–Kier alpha value is -3.02. The van der Waals surface area contributed by atoms with Crippen LogP contribution in [-0.4, -0.2) is 31.8 Å². The number of nitrogens with zero attached hydrogens (tertiary/aromatic N) is 1. The SMILES string of the molecule is Cc1ccc(S(N)(=O)=O)cc1C(=O)OCC(=O)Nc1cc([N+](=O)[O-])ccc1Cl. The number of halogens is 1. The van der Waals surface area contributed by atoms with Gasteiger partial charge in [-0.25, -0.2) is 18.4 Å². The van der Waals surface area contributed by atoms with Crippen molar-refractivity contribution in [2.24, 2.45) is 5.14 Å². The Morgan fingerprint density at radius 3 is 2.54 bits per heavy atom. The monoisotopic (exact) mass is 427 g/mol. The van der Waals surface area contributed by atoms with Gasteiger partial charge in [0, 0.05) is 12.1 Å². The van der Waals surface area contributed by atoms with Crippen molar-refractivity contribution in [1.29, 1.82) is 0 Å². The number of rotatable bonds is 6. The minimum atomic E-state index is -4.02. The van der Waals surface area contributed by atoms with Gasteiger partial charge in [-0.15, -0.1) is 0 Å². The highest BCUT2D eigenvalue weighted by molar-refractivity contribution is 7.89. The molecule has 0 aliphatic rings. The molecule has 0 heterocycles. The molecule has 0 bridgehead atoms. The van der Waals surface area contributed by atoms with Crippen LogP contribution in [-0.2, 0) is 19.6 Å². The van der Waals surface area contributed by atoms with E-state index in [1.165, 1.54) is 24.3 Å². The van der Waals surface area contributed by atoms with Crippen LogP contribution in [0.15, 0.2) is 41.3 Å². The zero-order valence-corrected chi connectivity index (χ0v) is 15.9. The van der Waals surface area contributed by atoms with Crippen molar-refractivity contribution < 1.29 is 27.7 Å². The lowest BCUT2D eigenvalue weighted by Crippen LogP contribution is -2.22. The van der Waals surface area contributed by atoms with Crippen molar-refractivity contribution in [3.8, 4) is 0 Å². The van der Waals surface area contributed by atoms with Crippen molar-refractivity contribution >= 4 is 44.9 Å². The number of esters is 1. The van der Waals surface area contributed by atoms with Gasteiger partial charge in [-0.1, -0.05) is 17.7 Å². The first-order chi connectivity index (χ1) is 13.0. The van der Waals surface area contributed by atoms with E-state index in [1.54, 1.807) is 6.92 Å². The predicted molar refractivity (Wildman–Crippen MR) is 99.6 cm³/mol. The lowest BCUT2D eigenvalue weighted by atomic mass is 10.1. The number of nitrogens with one attached hydrogen (secondary N) is 1. The van der Waals surface area contributed by atoms with Crippen LogP contribution in [0.1, 0.15) is 15.9 Å². The largest absolute Gasteiger partial charge is 0.452 e. The number of hydrogen-bond acceptors (Lipinski definition) is 7. The molecule has 28 heavy (non-hydrogen) atoms. The molecule has 0 aliphatic heterocycles. The quantitative estimate of drug-likeness (QED) is 0.405. The number of carbonyl (C=O) groups excluding carboxylic acids is 2. The predicted octanol–water partition coefficient (Wildman–Crippen LogP) is 2.00. The first kappa shape index (κ1) is 21.3. The number of hydrogen-bond donors (Lipinski definition) is 2. The normalized spacial score (nSPS) is 11.0. The van der Waals surface area contributed by atoms with Crippen LogP contribution < -0.4 is 10.5 Å². The van der Waals surface area contributed by atoms with Gasteiger partial charge in [-0.05, 0) is 30.7 Å². The van der Waals surface area contributed by atoms with E-state index < -0.39 is 33.4 Å². The van der Waals surface area contributed by atoms with E-state index in [-0.39, 0.29) is 26.9 Å². The molecule has 0 spiro atoms. The van der Waals surface area contributed by atoms with Gasteiger partial charge in [-0.2, -0.15) is 0 Å². The third kappa shape index (κ3) is 5.25. The van der Waals surface area contributed by atoms with Crippen LogP contribution in [0.25, 0.3) is 0 Å². The highest BCUT2D eigenvalue weighted by Gasteiger charge is 2.18. The Morgan fingerprint density at radius 2 is 1.93 bits per heavy atom. The van der Waals surface area contributed by atoms with Gasteiger partial charge in [0.25, 0.3) is 11.6 Å². The van der Waals surface area contributed by atoms with Crippen LogP contribution in [0.3, 0.4) is 0 Å². The molecular formula is C16H14ClN3O7S. The minimum Gasteiger partial charge on any atom is -0.452 e. The zero-order chi connectivity index (χ0) is 21.1. The number of nitrogens with two attached hydrogens (primary N) is 1. The fraction of sp³-hybridized carbons (Fsp3) is 0.125. The number of primary sulfonamides is 1. The highest BCUT2D eigenvalue weighted by atomic mass is 35.5. The first-order valence-electron chi connectivity index (χ1n) is 7.53. The smallest absolute Gasteiger partial charge is 0.338 e.